The zero-order valence-corrected chi connectivity index (χ0v) is 7.99. The van der Waals surface area contributed by atoms with E-state index >= 15 is 0 Å². The van der Waals surface area contributed by atoms with Gasteiger partial charge in [0.15, 0.2) is 6.79 Å². The number of ether oxygens (including phenoxy) is 2. The normalized spacial score (nSPS) is 10.6. The number of methoxy groups -OCH3 is 1. The Hall–Kier alpha value is -1.28. The zero-order chi connectivity index (χ0) is 9.52. The second-order valence-corrected chi connectivity index (χ2v) is 2.62. The van der Waals surface area contributed by atoms with Crippen molar-refractivity contribution in [3.63, 3.8) is 0 Å². The van der Waals surface area contributed by atoms with Crippen LogP contribution in [0.2, 0.25) is 0 Å². The van der Waals surface area contributed by atoms with Crippen LogP contribution in [0.15, 0.2) is 30.3 Å². The standard InChI is InChI=1S/C11H14O2/c1-3-4-10-5-7-11(8-6-10)13-9-12-2/h3-8H,9H2,1-2H3/b4-3-. The summed E-state index contributed by atoms with van der Waals surface area (Å²) in [6.45, 7) is 2.29. The Morgan fingerprint density at radius 3 is 2.46 bits per heavy atom. The Morgan fingerprint density at radius 1 is 1.23 bits per heavy atom. The molecule has 2 heteroatoms. The van der Waals surface area contributed by atoms with Crippen LogP contribution in [0, 0.1) is 0 Å². The van der Waals surface area contributed by atoms with E-state index in [-0.39, 0.29) is 0 Å². The van der Waals surface area contributed by atoms with Gasteiger partial charge in [0, 0.05) is 7.11 Å². The lowest BCUT2D eigenvalue weighted by Gasteiger charge is -2.03. The van der Waals surface area contributed by atoms with Crippen LogP contribution in [-0.2, 0) is 4.74 Å². The average molecular weight is 178 g/mol. The summed E-state index contributed by atoms with van der Waals surface area (Å²) in [5.41, 5.74) is 1.17. The molecule has 0 N–H and O–H groups in total. The Labute approximate surface area is 78.8 Å². The van der Waals surface area contributed by atoms with Crippen LogP contribution < -0.4 is 4.74 Å². The monoisotopic (exact) mass is 178 g/mol. The van der Waals surface area contributed by atoms with Crippen molar-refractivity contribution < 1.29 is 9.47 Å². The summed E-state index contributed by atoms with van der Waals surface area (Å²) >= 11 is 0. The minimum absolute atomic E-state index is 0.295. The van der Waals surface area contributed by atoms with Crippen LogP contribution in [0.5, 0.6) is 5.75 Å². The van der Waals surface area contributed by atoms with Gasteiger partial charge in [-0.15, -0.1) is 0 Å². The van der Waals surface area contributed by atoms with Crippen molar-refractivity contribution in [2.75, 3.05) is 13.9 Å². The van der Waals surface area contributed by atoms with Crippen molar-refractivity contribution in [2.45, 2.75) is 6.92 Å². The quantitative estimate of drug-likeness (QED) is 0.660. The minimum atomic E-state index is 0.295. The van der Waals surface area contributed by atoms with Gasteiger partial charge in [-0.2, -0.15) is 0 Å². The van der Waals surface area contributed by atoms with Gasteiger partial charge in [-0.3, -0.25) is 0 Å². The molecule has 0 spiro atoms. The Balaban J connectivity index is 2.58. The third-order valence-electron chi connectivity index (χ3n) is 1.58. The lowest BCUT2D eigenvalue weighted by molar-refractivity contribution is 0.0511. The summed E-state index contributed by atoms with van der Waals surface area (Å²) in [6, 6.07) is 7.86. The fraction of sp³-hybridized carbons (Fsp3) is 0.273. The van der Waals surface area contributed by atoms with E-state index in [2.05, 4.69) is 0 Å². The highest BCUT2D eigenvalue weighted by Crippen LogP contribution is 2.12. The summed E-state index contributed by atoms with van der Waals surface area (Å²) in [5, 5.41) is 0. The first kappa shape index (κ1) is 9.81. The van der Waals surface area contributed by atoms with Gasteiger partial charge in [0.05, 0.1) is 0 Å². The molecule has 1 aromatic rings. The molecular weight excluding hydrogens is 164 g/mol. The molecule has 0 amide bonds. The van der Waals surface area contributed by atoms with Gasteiger partial charge in [-0.1, -0.05) is 24.3 Å². The largest absolute Gasteiger partial charge is 0.468 e. The molecule has 0 saturated heterocycles. The molecule has 1 aromatic carbocycles. The summed E-state index contributed by atoms with van der Waals surface area (Å²) in [6.07, 6.45) is 4.05. The average Bonchev–Trinajstić information content (AvgIpc) is 2.17. The molecule has 0 radical (unpaired) electrons. The van der Waals surface area contributed by atoms with Crippen molar-refractivity contribution in [3.05, 3.63) is 35.9 Å². The van der Waals surface area contributed by atoms with E-state index in [4.69, 9.17) is 9.47 Å². The Kier molecular flexibility index (Phi) is 4.06. The molecule has 0 bridgehead atoms. The highest BCUT2D eigenvalue weighted by Gasteiger charge is 1.91. The van der Waals surface area contributed by atoms with Gasteiger partial charge in [-0.25, -0.2) is 0 Å². The fourth-order valence-electron chi connectivity index (χ4n) is 0.995. The van der Waals surface area contributed by atoms with Gasteiger partial charge in [0.1, 0.15) is 5.75 Å². The molecule has 0 aliphatic carbocycles. The van der Waals surface area contributed by atoms with E-state index in [9.17, 15) is 0 Å². The second kappa shape index (κ2) is 5.38. The van der Waals surface area contributed by atoms with Gasteiger partial charge >= 0.3 is 0 Å². The van der Waals surface area contributed by atoms with Gasteiger partial charge in [0.2, 0.25) is 0 Å². The molecule has 13 heavy (non-hydrogen) atoms. The predicted octanol–water partition coefficient (Wildman–Crippen LogP) is 2.70. The molecule has 0 aromatic heterocycles. The van der Waals surface area contributed by atoms with E-state index in [1.807, 2.05) is 43.3 Å². The van der Waals surface area contributed by atoms with E-state index in [1.165, 1.54) is 5.56 Å². The molecule has 70 valence electrons. The highest BCUT2D eigenvalue weighted by molar-refractivity contribution is 5.50. The van der Waals surface area contributed by atoms with Crippen molar-refractivity contribution in [1.29, 1.82) is 0 Å². The van der Waals surface area contributed by atoms with E-state index in [0.29, 0.717) is 6.79 Å². The van der Waals surface area contributed by atoms with Crippen LogP contribution in [0.25, 0.3) is 6.08 Å². The molecule has 0 aliphatic heterocycles. The highest BCUT2D eigenvalue weighted by atomic mass is 16.7. The van der Waals surface area contributed by atoms with Crippen LogP contribution in [0.1, 0.15) is 12.5 Å². The predicted molar refractivity (Wildman–Crippen MR) is 53.7 cm³/mol. The number of rotatable bonds is 4. The van der Waals surface area contributed by atoms with Gasteiger partial charge in [0.25, 0.3) is 0 Å². The molecule has 0 unspecified atom stereocenters. The summed E-state index contributed by atoms with van der Waals surface area (Å²) in [5.74, 6) is 0.829. The number of benzene rings is 1. The molecule has 0 aliphatic rings. The van der Waals surface area contributed by atoms with Crippen LogP contribution in [-0.4, -0.2) is 13.9 Å². The van der Waals surface area contributed by atoms with Gasteiger partial charge < -0.3 is 9.47 Å². The Bertz CT molecular complexity index is 262. The van der Waals surface area contributed by atoms with Crippen molar-refractivity contribution in [3.8, 4) is 5.75 Å². The smallest absolute Gasteiger partial charge is 0.188 e. The first-order valence-corrected chi connectivity index (χ1v) is 4.21. The first-order valence-electron chi connectivity index (χ1n) is 4.21. The lowest BCUT2D eigenvalue weighted by atomic mass is 10.2. The molecular formula is C11H14O2. The molecule has 1 rings (SSSR count). The topological polar surface area (TPSA) is 18.5 Å². The van der Waals surface area contributed by atoms with Crippen molar-refractivity contribution in [2.24, 2.45) is 0 Å². The van der Waals surface area contributed by atoms with E-state index < -0.39 is 0 Å². The lowest BCUT2D eigenvalue weighted by Crippen LogP contribution is -1.98. The third-order valence-corrected chi connectivity index (χ3v) is 1.58. The van der Waals surface area contributed by atoms with Crippen molar-refractivity contribution in [1.82, 2.24) is 0 Å². The maximum Gasteiger partial charge on any atom is 0.188 e. The second-order valence-electron chi connectivity index (χ2n) is 2.62. The molecule has 0 atom stereocenters. The maximum atomic E-state index is 5.24. The fourth-order valence-corrected chi connectivity index (χ4v) is 0.995. The minimum Gasteiger partial charge on any atom is -0.468 e. The van der Waals surface area contributed by atoms with E-state index in [0.717, 1.165) is 5.75 Å². The number of hydrogen-bond donors (Lipinski definition) is 0. The number of hydrogen-bond acceptors (Lipinski definition) is 2. The van der Waals surface area contributed by atoms with Crippen molar-refractivity contribution >= 4 is 6.08 Å². The maximum absolute atomic E-state index is 5.24. The van der Waals surface area contributed by atoms with Crippen LogP contribution in [0.4, 0.5) is 0 Å². The SMILES string of the molecule is C/C=C\c1ccc(OCOC)cc1. The third kappa shape index (κ3) is 3.30. The Morgan fingerprint density at radius 2 is 1.92 bits per heavy atom. The molecule has 0 heterocycles. The zero-order valence-electron chi connectivity index (χ0n) is 7.99. The summed E-state index contributed by atoms with van der Waals surface area (Å²) < 4.78 is 10.0. The van der Waals surface area contributed by atoms with Gasteiger partial charge in [-0.05, 0) is 24.6 Å². The first-order chi connectivity index (χ1) is 6.36. The van der Waals surface area contributed by atoms with Crippen LogP contribution in [0.3, 0.4) is 0 Å². The number of allylic oxidation sites excluding steroid dienone is 1. The van der Waals surface area contributed by atoms with Crippen LogP contribution >= 0.6 is 0 Å². The summed E-state index contributed by atoms with van der Waals surface area (Å²) in [7, 11) is 1.61. The molecule has 2 nitrogen and oxygen atoms in total. The molecule has 0 fully saturated rings. The summed E-state index contributed by atoms with van der Waals surface area (Å²) in [4.78, 5) is 0. The van der Waals surface area contributed by atoms with E-state index in [1.54, 1.807) is 7.11 Å². The molecule has 0 saturated carbocycles.